The van der Waals surface area contributed by atoms with Gasteiger partial charge in [0.25, 0.3) is 22.2 Å². The molecule has 0 amide bonds. The Kier molecular flexibility index (Phi) is 9.03. The molecule has 0 bridgehead atoms. The lowest BCUT2D eigenvalue weighted by Crippen LogP contribution is -2.25. The van der Waals surface area contributed by atoms with E-state index in [2.05, 4.69) is 23.7 Å². The molecule has 7 rings (SSSR count). The number of hydrogen-bond acceptors (Lipinski definition) is 4. The SMILES string of the molecule is CCCCn1c(=O)c2cc3c(C#Cc4c(C)cccc4C)c4cc5c(=O)n(CCCC)c(=O)c5cc4c(C#Cc4c(C)cccc4C)c3cc2c1=O. The van der Waals surface area contributed by atoms with Gasteiger partial charge in [-0.1, -0.05) is 86.8 Å². The number of hydrogen-bond donors (Lipinski definition) is 0. The van der Waals surface area contributed by atoms with Crippen molar-refractivity contribution in [1.82, 2.24) is 9.13 Å². The predicted molar refractivity (Wildman–Crippen MR) is 214 cm³/mol. The Morgan fingerprint density at radius 3 is 0.962 bits per heavy atom. The van der Waals surface area contributed by atoms with Gasteiger partial charge >= 0.3 is 0 Å². The van der Waals surface area contributed by atoms with E-state index in [1.54, 1.807) is 24.3 Å². The maximum atomic E-state index is 13.8. The molecule has 0 saturated heterocycles. The molecule has 0 aliphatic carbocycles. The number of aryl methyl sites for hydroxylation is 4. The van der Waals surface area contributed by atoms with Crippen LogP contribution in [0.25, 0.3) is 43.1 Å². The maximum absolute atomic E-state index is 13.8. The first-order valence-corrected chi connectivity index (χ1v) is 18.1. The Hall–Kier alpha value is -5.98. The molecule has 6 heteroatoms. The zero-order valence-electron chi connectivity index (χ0n) is 30.5. The molecule has 0 saturated carbocycles. The zero-order chi connectivity index (χ0) is 36.8. The van der Waals surface area contributed by atoms with Gasteiger partial charge < -0.3 is 0 Å². The van der Waals surface area contributed by atoms with Gasteiger partial charge in [-0.15, -0.1) is 0 Å². The highest BCUT2D eigenvalue weighted by molar-refractivity contribution is 6.16. The number of aromatic nitrogens is 2. The van der Waals surface area contributed by atoms with Gasteiger partial charge in [-0.05, 0) is 87.1 Å². The second kappa shape index (κ2) is 13.6. The van der Waals surface area contributed by atoms with Gasteiger partial charge in [-0.3, -0.25) is 28.3 Å². The molecule has 0 aliphatic rings. The van der Waals surface area contributed by atoms with Crippen molar-refractivity contribution in [1.29, 1.82) is 0 Å². The Morgan fingerprint density at radius 1 is 0.423 bits per heavy atom. The summed E-state index contributed by atoms with van der Waals surface area (Å²) in [7, 11) is 0. The molecule has 0 radical (unpaired) electrons. The summed E-state index contributed by atoms with van der Waals surface area (Å²) in [5.74, 6) is 13.7. The standard InChI is InChI=1S/C46H40N2O4/c1-7-9-21-47-43(49)39-23-35-33(19-17-31-27(3)13-11-14-28(31)4)37-25-41-42(46(52)48(45(41)51)22-10-8-2)26-38(37)34(36(35)24-40(39)44(47)50)20-18-32-29(5)15-12-16-30(32)6/h11-16,23-26H,7-10,21-22H2,1-6H3. The van der Waals surface area contributed by atoms with Crippen molar-refractivity contribution in [3.8, 4) is 23.7 Å². The van der Waals surface area contributed by atoms with Crippen molar-refractivity contribution >= 4 is 43.1 Å². The second-order valence-electron chi connectivity index (χ2n) is 13.9. The third kappa shape index (κ3) is 5.66. The Labute approximate surface area is 302 Å². The first kappa shape index (κ1) is 34.5. The fraction of sp³-hybridized carbons (Fsp3) is 0.261. The van der Waals surface area contributed by atoms with Crippen LogP contribution in [-0.2, 0) is 13.1 Å². The predicted octanol–water partition coefficient (Wildman–Crippen LogP) is 7.85. The van der Waals surface area contributed by atoms with E-state index in [0.29, 0.717) is 80.1 Å². The van der Waals surface area contributed by atoms with E-state index in [0.717, 1.165) is 46.2 Å². The van der Waals surface area contributed by atoms with Gasteiger partial charge in [0.1, 0.15) is 0 Å². The molecule has 52 heavy (non-hydrogen) atoms. The number of unbranched alkanes of at least 4 members (excludes halogenated alkanes) is 2. The highest BCUT2D eigenvalue weighted by Gasteiger charge is 2.22. The first-order chi connectivity index (χ1) is 25.0. The minimum atomic E-state index is -0.325. The smallest absolute Gasteiger partial charge is 0.261 e. The Morgan fingerprint density at radius 2 is 0.692 bits per heavy atom. The zero-order valence-corrected chi connectivity index (χ0v) is 30.5. The lowest BCUT2D eigenvalue weighted by molar-refractivity contribution is 0.609. The Balaban J connectivity index is 1.70. The molecular weight excluding hydrogens is 645 g/mol. The van der Waals surface area contributed by atoms with E-state index >= 15 is 0 Å². The minimum Gasteiger partial charge on any atom is -0.274 e. The quantitative estimate of drug-likeness (QED) is 0.132. The van der Waals surface area contributed by atoms with Crippen LogP contribution in [0.5, 0.6) is 0 Å². The van der Waals surface area contributed by atoms with Crippen molar-refractivity contribution in [2.75, 3.05) is 0 Å². The number of fused-ring (bicyclic) bond motifs is 4. The third-order valence-corrected chi connectivity index (χ3v) is 10.4. The van der Waals surface area contributed by atoms with Crippen molar-refractivity contribution < 1.29 is 0 Å². The average molecular weight is 685 g/mol. The summed E-state index contributed by atoms with van der Waals surface area (Å²) in [6, 6.07) is 19.2. The molecule has 6 nitrogen and oxygen atoms in total. The summed E-state index contributed by atoms with van der Waals surface area (Å²) in [6.45, 7) is 12.8. The van der Waals surface area contributed by atoms with Crippen molar-refractivity contribution in [3.05, 3.63) is 147 Å². The molecule has 7 aromatic rings. The average Bonchev–Trinajstić information content (AvgIpc) is 3.50. The maximum Gasteiger partial charge on any atom is 0.261 e. The Bertz CT molecular complexity index is 2600. The molecule has 0 unspecified atom stereocenters. The van der Waals surface area contributed by atoms with E-state index in [1.807, 2.05) is 77.9 Å². The lowest BCUT2D eigenvalue weighted by Gasteiger charge is -2.12. The summed E-state index contributed by atoms with van der Waals surface area (Å²) in [4.78, 5) is 55.1. The van der Waals surface area contributed by atoms with Crippen LogP contribution < -0.4 is 22.2 Å². The van der Waals surface area contributed by atoms with E-state index in [1.165, 1.54) is 9.13 Å². The van der Waals surface area contributed by atoms with Crippen LogP contribution in [0.3, 0.4) is 0 Å². The van der Waals surface area contributed by atoms with Crippen molar-refractivity contribution in [3.63, 3.8) is 0 Å². The van der Waals surface area contributed by atoms with Gasteiger partial charge in [0, 0.05) is 56.9 Å². The van der Waals surface area contributed by atoms with E-state index in [4.69, 9.17) is 0 Å². The lowest BCUT2D eigenvalue weighted by atomic mass is 9.89. The van der Waals surface area contributed by atoms with E-state index in [-0.39, 0.29) is 22.2 Å². The third-order valence-electron chi connectivity index (χ3n) is 10.4. The molecule has 0 spiro atoms. The molecule has 5 aromatic carbocycles. The molecule has 0 fully saturated rings. The van der Waals surface area contributed by atoms with E-state index < -0.39 is 0 Å². The summed E-state index contributed by atoms with van der Waals surface area (Å²) in [5, 5.41) is 3.96. The topological polar surface area (TPSA) is 78.1 Å². The van der Waals surface area contributed by atoms with Crippen molar-refractivity contribution in [2.24, 2.45) is 0 Å². The fourth-order valence-electron chi connectivity index (χ4n) is 7.37. The van der Waals surface area contributed by atoms with Crippen LogP contribution in [0.1, 0.15) is 84.0 Å². The van der Waals surface area contributed by atoms with Crippen LogP contribution in [0.4, 0.5) is 0 Å². The molecule has 2 aromatic heterocycles. The summed E-state index contributed by atoms with van der Waals surface area (Å²) >= 11 is 0. The monoisotopic (exact) mass is 684 g/mol. The number of nitrogens with zero attached hydrogens (tertiary/aromatic N) is 2. The summed E-state index contributed by atoms with van der Waals surface area (Å²) in [6.07, 6.45) is 3.09. The molecule has 0 aliphatic heterocycles. The van der Waals surface area contributed by atoms with Gasteiger partial charge in [0.05, 0.1) is 21.5 Å². The van der Waals surface area contributed by atoms with Crippen LogP contribution in [0, 0.1) is 51.4 Å². The second-order valence-corrected chi connectivity index (χ2v) is 13.9. The van der Waals surface area contributed by atoms with Crippen molar-refractivity contribution in [2.45, 2.75) is 80.3 Å². The molecule has 0 N–H and O–H groups in total. The summed E-state index contributed by atoms with van der Waals surface area (Å²) in [5.41, 5.74) is 5.79. The largest absolute Gasteiger partial charge is 0.274 e. The minimum absolute atomic E-state index is 0.325. The highest BCUT2D eigenvalue weighted by atomic mass is 16.2. The van der Waals surface area contributed by atoms with Gasteiger partial charge in [0.15, 0.2) is 0 Å². The number of rotatable bonds is 6. The molecule has 2 heterocycles. The van der Waals surface area contributed by atoms with Gasteiger partial charge in [-0.2, -0.15) is 0 Å². The van der Waals surface area contributed by atoms with Crippen LogP contribution in [-0.4, -0.2) is 9.13 Å². The molecule has 258 valence electrons. The molecule has 0 atom stereocenters. The first-order valence-electron chi connectivity index (χ1n) is 18.1. The normalized spacial score (nSPS) is 11.3. The fourth-order valence-corrected chi connectivity index (χ4v) is 7.37. The van der Waals surface area contributed by atoms with Crippen LogP contribution >= 0.6 is 0 Å². The van der Waals surface area contributed by atoms with E-state index in [9.17, 15) is 19.2 Å². The number of benzene rings is 5. The van der Waals surface area contributed by atoms with Gasteiger partial charge in [-0.25, -0.2) is 0 Å². The molecular formula is C46H40N2O4. The summed E-state index contributed by atoms with van der Waals surface area (Å²) < 4.78 is 2.65. The van der Waals surface area contributed by atoms with Crippen LogP contribution in [0.2, 0.25) is 0 Å². The van der Waals surface area contributed by atoms with Crippen LogP contribution in [0.15, 0.2) is 79.8 Å². The highest BCUT2D eigenvalue weighted by Crippen LogP contribution is 2.36. The van der Waals surface area contributed by atoms with Gasteiger partial charge in [0.2, 0.25) is 0 Å².